The number of thioether (sulfide) groups is 1. The van der Waals surface area contributed by atoms with Crippen molar-refractivity contribution in [3.05, 3.63) is 23.9 Å². The van der Waals surface area contributed by atoms with Crippen LogP contribution >= 0.6 is 11.8 Å². The summed E-state index contributed by atoms with van der Waals surface area (Å²) in [5.74, 6) is 1.30. The highest BCUT2D eigenvalue weighted by molar-refractivity contribution is 7.99. The summed E-state index contributed by atoms with van der Waals surface area (Å²) in [6.07, 6.45) is 2.06. The maximum Gasteiger partial charge on any atom is 0.131 e. The molecule has 0 fully saturated rings. The lowest BCUT2D eigenvalue weighted by Gasteiger charge is -2.17. The number of aliphatic hydroxyl groups is 2. The molecule has 0 aromatic carbocycles. The van der Waals surface area contributed by atoms with Crippen molar-refractivity contribution < 1.29 is 10.2 Å². The van der Waals surface area contributed by atoms with E-state index in [1.54, 1.807) is 6.20 Å². The van der Waals surface area contributed by atoms with Crippen LogP contribution in [-0.4, -0.2) is 52.6 Å². The second-order valence-electron chi connectivity index (χ2n) is 4.01. The van der Waals surface area contributed by atoms with Crippen LogP contribution in [0.25, 0.3) is 0 Å². The van der Waals surface area contributed by atoms with Gasteiger partial charge in [-0.25, -0.2) is 4.98 Å². The van der Waals surface area contributed by atoms with E-state index < -0.39 is 6.10 Å². The SMILES string of the molecule is OCC(O)CSc1ncccc1C1=NCCCN1. The molecule has 0 saturated carbocycles. The number of aromatic nitrogens is 1. The zero-order valence-corrected chi connectivity index (χ0v) is 10.9. The Morgan fingerprint density at radius 1 is 1.50 bits per heavy atom. The number of hydrogen-bond acceptors (Lipinski definition) is 6. The summed E-state index contributed by atoms with van der Waals surface area (Å²) >= 11 is 1.43. The molecular formula is C12H17N3O2S. The summed E-state index contributed by atoms with van der Waals surface area (Å²) in [6.45, 7) is 1.53. The minimum absolute atomic E-state index is 0.228. The van der Waals surface area contributed by atoms with Gasteiger partial charge in [0.2, 0.25) is 0 Å². The third-order valence-electron chi connectivity index (χ3n) is 2.55. The molecule has 0 radical (unpaired) electrons. The zero-order chi connectivity index (χ0) is 12.8. The number of rotatable bonds is 5. The molecule has 0 aliphatic carbocycles. The van der Waals surface area contributed by atoms with Gasteiger partial charge >= 0.3 is 0 Å². The van der Waals surface area contributed by atoms with Crippen LogP contribution in [0.3, 0.4) is 0 Å². The summed E-state index contributed by atoms with van der Waals surface area (Å²) in [5.41, 5.74) is 0.965. The molecule has 6 heteroatoms. The van der Waals surface area contributed by atoms with Gasteiger partial charge in [0.25, 0.3) is 0 Å². The van der Waals surface area contributed by atoms with Gasteiger partial charge in [-0.3, -0.25) is 4.99 Å². The first-order valence-electron chi connectivity index (χ1n) is 5.96. The van der Waals surface area contributed by atoms with E-state index in [9.17, 15) is 5.11 Å². The number of amidine groups is 1. The van der Waals surface area contributed by atoms with Gasteiger partial charge in [-0.15, -0.1) is 11.8 Å². The molecule has 3 N–H and O–H groups in total. The quantitative estimate of drug-likeness (QED) is 0.667. The lowest BCUT2D eigenvalue weighted by Crippen LogP contribution is -2.30. The first-order valence-corrected chi connectivity index (χ1v) is 6.95. The van der Waals surface area contributed by atoms with Crippen molar-refractivity contribution in [1.82, 2.24) is 10.3 Å². The van der Waals surface area contributed by atoms with Crippen molar-refractivity contribution in [3.8, 4) is 0 Å². The van der Waals surface area contributed by atoms with Gasteiger partial charge in [0.1, 0.15) is 10.9 Å². The molecule has 0 bridgehead atoms. The standard InChI is InChI=1S/C12H17N3O2S/c16-7-9(17)8-18-12-10(3-1-4-15-12)11-13-5-2-6-14-11/h1,3-4,9,16-17H,2,5-8H2,(H,13,14). The molecule has 1 unspecified atom stereocenters. The van der Waals surface area contributed by atoms with E-state index in [2.05, 4.69) is 15.3 Å². The fraction of sp³-hybridized carbons (Fsp3) is 0.500. The van der Waals surface area contributed by atoms with Gasteiger partial charge in [-0.2, -0.15) is 0 Å². The first-order chi connectivity index (χ1) is 8.81. The van der Waals surface area contributed by atoms with E-state index in [1.807, 2.05) is 12.1 Å². The lowest BCUT2D eigenvalue weighted by atomic mass is 10.2. The van der Waals surface area contributed by atoms with Gasteiger partial charge in [0.15, 0.2) is 0 Å². The van der Waals surface area contributed by atoms with E-state index in [-0.39, 0.29) is 6.61 Å². The Labute approximate surface area is 110 Å². The summed E-state index contributed by atoms with van der Waals surface area (Å²) in [5, 5.41) is 22.3. The van der Waals surface area contributed by atoms with Crippen molar-refractivity contribution >= 4 is 17.6 Å². The van der Waals surface area contributed by atoms with Crippen LogP contribution in [0.15, 0.2) is 28.3 Å². The first kappa shape index (κ1) is 13.3. The van der Waals surface area contributed by atoms with Gasteiger partial charge in [-0.1, -0.05) is 0 Å². The number of aliphatic imine (C=N–C) groups is 1. The van der Waals surface area contributed by atoms with Crippen molar-refractivity contribution in [2.45, 2.75) is 17.6 Å². The second kappa shape index (κ2) is 6.72. The molecule has 0 spiro atoms. The molecule has 0 amide bonds. The predicted octanol–water partition coefficient (Wildman–Crippen LogP) is 0.267. The Kier molecular flexibility index (Phi) is 4.98. The fourth-order valence-electron chi connectivity index (χ4n) is 1.63. The Morgan fingerprint density at radius 3 is 3.11 bits per heavy atom. The Morgan fingerprint density at radius 2 is 2.39 bits per heavy atom. The molecule has 0 saturated heterocycles. The van der Waals surface area contributed by atoms with Crippen LogP contribution in [-0.2, 0) is 0 Å². The van der Waals surface area contributed by atoms with Crippen LogP contribution in [0.2, 0.25) is 0 Å². The summed E-state index contributed by atoms with van der Waals surface area (Å²) < 4.78 is 0. The Hall–Kier alpha value is -1.11. The highest BCUT2D eigenvalue weighted by Gasteiger charge is 2.14. The largest absolute Gasteiger partial charge is 0.394 e. The number of aliphatic hydroxyl groups excluding tert-OH is 2. The predicted molar refractivity (Wildman–Crippen MR) is 72.1 cm³/mol. The summed E-state index contributed by atoms with van der Waals surface area (Å²) in [7, 11) is 0. The number of hydrogen-bond donors (Lipinski definition) is 3. The number of nitrogens with zero attached hydrogens (tertiary/aromatic N) is 2. The van der Waals surface area contributed by atoms with Gasteiger partial charge in [-0.05, 0) is 18.6 Å². The molecule has 1 aromatic rings. The van der Waals surface area contributed by atoms with Crippen LogP contribution in [0.1, 0.15) is 12.0 Å². The Bertz CT molecular complexity index is 426. The highest BCUT2D eigenvalue weighted by atomic mass is 32.2. The average molecular weight is 267 g/mol. The minimum Gasteiger partial charge on any atom is -0.394 e. The van der Waals surface area contributed by atoms with E-state index in [4.69, 9.17) is 5.11 Å². The topological polar surface area (TPSA) is 77.7 Å². The Balaban J connectivity index is 2.12. The normalized spacial score (nSPS) is 16.9. The molecule has 2 heterocycles. The molecule has 1 aliphatic heterocycles. The lowest BCUT2D eigenvalue weighted by molar-refractivity contribution is 0.113. The van der Waals surface area contributed by atoms with Crippen LogP contribution in [0.5, 0.6) is 0 Å². The zero-order valence-electron chi connectivity index (χ0n) is 10.0. The maximum atomic E-state index is 9.38. The molecular weight excluding hydrogens is 250 g/mol. The van der Waals surface area contributed by atoms with Crippen LogP contribution < -0.4 is 5.32 Å². The number of nitrogens with one attached hydrogen (secondary N) is 1. The molecule has 98 valence electrons. The summed E-state index contributed by atoms with van der Waals surface area (Å²) in [6, 6.07) is 3.85. The van der Waals surface area contributed by atoms with E-state index >= 15 is 0 Å². The van der Waals surface area contributed by atoms with Crippen molar-refractivity contribution in [2.75, 3.05) is 25.4 Å². The minimum atomic E-state index is -0.717. The van der Waals surface area contributed by atoms with E-state index in [1.165, 1.54) is 11.8 Å². The van der Waals surface area contributed by atoms with Crippen LogP contribution in [0.4, 0.5) is 0 Å². The van der Waals surface area contributed by atoms with Gasteiger partial charge < -0.3 is 15.5 Å². The smallest absolute Gasteiger partial charge is 0.131 e. The van der Waals surface area contributed by atoms with Crippen molar-refractivity contribution in [1.29, 1.82) is 0 Å². The maximum absolute atomic E-state index is 9.38. The highest BCUT2D eigenvalue weighted by Crippen LogP contribution is 2.21. The van der Waals surface area contributed by atoms with Gasteiger partial charge in [0.05, 0.1) is 12.7 Å². The molecule has 1 atom stereocenters. The molecule has 18 heavy (non-hydrogen) atoms. The molecule has 5 nitrogen and oxygen atoms in total. The van der Waals surface area contributed by atoms with Crippen LogP contribution in [0, 0.1) is 0 Å². The summed E-state index contributed by atoms with van der Waals surface area (Å²) in [4.78, 5) is 8.76. The third-order valence-corrected chi connectivity index (χ3v) is 3.70. The molecule has 1 aliphatic rings. The van der Waals surface area contributed by atoms with E-state index in [0.29, 0.717) is 5.75 Å². The van der Waals surface area contributed by atoms with Crippen molar-refractivity contribution in [3.63, 3.8) is 0 Å². The molecule has 1 aromatic heterocycles. The fourth-order valence-corrected chi connectivity index (χ4v) is 2.54. The number of pyridine rings is 1. The van der Waals surface area contributed by atoms with Crippen molar-refractivity contribution in [2.24, 2.45) is 4.99 Å². The second-order valence-corrected chi connectivity index (χ2v) is 5.02. The van der Waals surface area contributed by atoms with E-state index in [0.717, 1.165) is 35.9 Å². The average Bonchev–Trinajstić information content (AvgIpc) is 2.46. The third kappa shape index (κ3) is 3.44. The molecule has 2 rings (SSSR count). The monoisotopic (exact) mass is 267 g/mol. The van der Waals surface area contributed by atoms with Gasteiger partial charge in [0, 0.05) is 30.6 Å².